The summed E-state index contributed by atoms with van der Waals surface area (Å²) in [6.07, 6.45) is 9.91. The Morgan fingerprint density at radius 2 is 1.96 bits per heavy atom. The first kappa shape index (κ1) is 19.8. The zero-order valence-corrected chi connectivity index (χ0v) is 17.7. The lowest BCUT2D eigenvalue weighted by Crippen LogP contribution is -2.55. The van der Waals surface area contributed by atoms with Crippen LogP contribution in [0.5, 0.6) is 0 Å². The van der Waals surface area contributed by atoms with Gasteiger partial charge in [0, 0.05) is 23.7 Å². The van der Waals surface area contributed by atoms with Crippen LogP contribution in [0.25, 0.3) is 0 Å². The van der Waals surface area contributed by atoms with Crippen molar-refractivity contribution < 1.29 is 9.53 Å². The van der Waals surface area contributed by atoms with E-state index in [1.807, 2.05) is 12.1 Å². The van der Waals surface area contributed by atoms with Crippen molar-refractivity contribution in [1.29, 1.82) is 0 Å². The van der Waals surface area contributed by atoms with Gasteiger partial charge in [-0.05, 0) is 81.7 Å². The Morgan fingerprint density at radius 1 is 1.18 bits per heavy atom. The summed E-state index contributed by atoms with van der Waals surface area (Å²) >= 11 is 0. The molecule has 4 rings (SSSR count). The molecule has 3 aliphatic rings. The van der Waals surface area contributed by atoms with Crippen LogP contribution < -0.4 is 5.32 Å². The van der Waals surface area contributed by atoms with Crippen LogP contribution in [0.4, 0.5) is 10.5 Å². The number of carbonyl (C=O) groups is 1. The molecule has 1 N–H and O–H groups in total. The molecular formula is C24H36N2O2. The number of hydrogen-bond donors (Lipinski definition) is 1. The van der Waals surface area contributed by atoms with Crippen LogP contribution in [0.3, 0.4) is 0 Å². The maximum Gasteiger partial charge on any atom is 0.411 e. The monoisotopic (exact) mass is 384 g/mol. The number of unbranched alkanes of at least 4 members (excludes halogenated alkanes) is 1. The summed E-state index contributed by atoms with van der Waals surface area (Å²) in [6.45, 7) is 7.64. The van der Waals surface area contributed by atoms with E-state index in [1.165, 1.54) is 51.5 Å². The van der Waals surface area contributed by atoms with Crippen LogP contribution in [-0.4, -0.2) is 35.7 Å². The number of nitrogens with one attached hydrogen (secondary N) is 1. The molecule has 2 bridgehead atoms. The standard InChI is InChI=1S/C24H36N2O2/c1-4-5-8-21-18-14-20(22-9-6-7-10-26(21)22)23(15-18)28-24(27)25-19-12-16(2)11-17(3)13-19/h11-13,18,20-23H,4-10,14-15H2,1-3H3,(H,25,27)/t18?,20?,21-,22+,23?/m0/s1. The fourth-order valence-electron chi connectivity index (χ4n) is 6.19. The quantitative estimate of drug-likeness (QED) is 0.711. The van der Waals surface area contributed by atoms with Crippen molar-refractivity contribution in [3.63, 3.8) is 0 Å². The van der Waals surface area contributed by atoms with E-state index in [4.69, 9.17) is 4.74 Å². The highest BCUT2D eigenvalue weighted by Crippen LogP contribution is 2.49. The van der Waals surface area contributed by atoms with Crippen molar-refractivity contribution in [2.45, 2.75) is 90.3 Å². The SMILES string of the molecule is CCCC[C@H]1C2CC(OC(=O)Nc3cc(C)cc(C)c3)C(C2)[C@H]2CCCCN21. The van der Waals surface area contributed by atoms with Gasteiger partial charge >= 0.3 is 6.09 Å². The van der Waals surface area contributed by atoms with Crippen LogP contribution in [0.1, 0.15) is 69.4 Å². The highest BCUT2D eigenvalue weighted by atomic mass is 16.6. The van der Waals surface area contributed by atoms with Gasteiger partial charge in [-0.15, -0.1) is 0 Å². The average molecular weight is 385 g/mol. The van der Waals surface area contributed by atoms with Crippen LogP contribution in [0.15, 0.2) is 18.2 Å². The third-order valence-corrected chi connectivity index (χ3v) is 7.22. The minimum Gasteiger partial charge on any atom is -0.446 e. The fraction of sp³-hybridized carbons (Fsp3) is 0.708. The van der Waals surface area contributed by atoms with Gasteiger partial charge in [-0.25, -0.2) is 4.79 Å². The Kier molecular flexibility index (Phi) is 5.96. The number of ether oxygens (including phenoxy) is 1. The van der Waals surface area contributed by atoms with E-state index < -0.39 is 0 Å². The first-order valence-corrected chi connectivity index (χ1v) is 11.4. The summed E-state index contributed by atoms with van der Waals surface area (Å²) in [5.41, 5.74) is 3.15. The van der Waals surface area contributed by atoms with Gasteiger partial charge in [0.1, 0.15) is 6.10 Å². The minimum absolute atomic E-state index is 0.0770. The van der Waals surface area contributed by atoms with Crippen LogP contribution >= 0.6 is 0 Å². The second kappa shape index (κ2) is 8.44. The highest BCUT2D eigenvalue weighted by molar-refractivity contribution is 5.85. The second-order valence-corrected chi connectivity index (χ2v) is 9.35. The summed E-state index contributed by atoms with van der Waals surface area (Å²) < 4.78 is 6.03. The Hall–Kier alpha value is -1.55. The summed E-state index contributed by atoms with van der Waals surface area (Å²) in [7, 11) is 0. The molecule has 1 aliphatic carbocycles. The molecule has 5 atom stereocenters. The highest BCUT2D eigenvalue weighted by Gasteiger charge is 2.52. The minimum atomic E-state index is -0.282. The van der Waals surface area contributed by atoms with Crippen LogP contribution in [-0.2, 0) is 4.74 Å². The van der Waals surface area contributed by atoms with Crippen LogP contribution in [0.2, 0.25) is 0 Å². The smallest absolute Gasteiger partial charge is 0.411 e. The molecule has 0 radical (unpaired) electrons. The predicted molar refractivity (Wildman–Crippen MR) is 114 cm³/mol. The van der Waals surface area contributed by atoms with Crippen LogP contribution in [0, 0.1) is 25.7 Å². The third-order valence-electron chi connectivity index (χ3n) is 7.22. The summed E-state index contributed by atoms with van der Waals surface area (Å²) in [6, 6.07) is 7.45. The number of benzene rings is 1. The van der Waals surface area contributed by atoms with E-state index in [9.17, 15) is 4.79 Å². The molecule has 2 heterocycles. The average Bonchev–Trinajstić information content (AvgIpc) is 3.00. The van der Waals surface area contributed by atoms with Gasteiger partial charge in [0.05, 0.1) is 0 Å². The normalized spacial score (nSPS) is 32.0. The van der Waals surface area contributed by atoms with Gasteiger partial charge in [-0.2, -0.15) is 0 Å². The lowest BCUT2D eigenvalue weighted by atomic mass is 9.79. The van der Waals surface area contributed by atoms with Gasteiger partial charge in [0.2, 0.25) is 0 Å². The Balaban J connectivity index is 1.43. The van der Waals surface area contributed by atoms with E-state index in [0.717, 1.165) is 23.2 Å². The molecule has 154 valence electrons. The number of nitrogens with zero attached hydrogens (tertiary/aromatic N) is 1. The number of amides is 1. The number of aryl methyl sites for hydroxylation is 2. The fourth-order valence-corrected chi connectivity index (χ4v) is 6.19. The molecule has 4 heteroatoms. The summed E-state index contributed by atoms with van der Waals surface area (Å²) in [4.78, 5) is 15.5. The molecule has 3 unspecified atom stereocenters. The largest absolute Gasteiger partial charge is 0.446 e. The van der Waals surface area contributed by atoms with Gasteiger partial charge in [-0.1, -0.05) is 32.3 Å². The molecule has 3 fully saturated rings. The zero-order chi connectivity index (χ0) is 19.7. The second-order valence-electron chi connectivity index (χ2n) is 9.35. The van der Waals surface area contributed by atoms with E-state index in [2.05, 4.69) is 37.1 Å². The van der Waals surface area contributed by atoms with E-state index in [0.29, 0.717) is 23.9 Å². The van der Waals surface area contributed by atoms with Crippen molar-refractivity contribution in [1.82, 2.24) is 4.90 Å². The van der Waals surface area contributed by atoms with Crippen molar-refractivity contribution in [2.75, 3.05) is 11.9 Å². The summed E-state index contributed by atoms with van der Waals surface area (Å²) in [5, 5.41) is 2.97. The van der Waals surface area contributed by atoms with E-state index in [-0.39, 0.29) is 12.2 Å². The van der Waals surface area contributed by atoms with Gasteiger partial charge in [0.15, 0.2) is 0 Å². The van der Waals surface area contributed by atoms with Crippen molar-refractivity contribution in [3.8, 4) is 0 Å². The molecule has 1 amide bonds. The lowest BCUT2D eigenvalue weighted by molar-refractivity contribution is -0.0177. The molecule has 1 saturated carbocycles. The number of piperidine rings is 2. The molecule has 28 heavy (non-hydrogen) atoms. The molecule has 2 aliphatic heterocycles. The molecule has 4 nitrogen and oxygen atoms in total. The number of hydrogen-bond acceptors (Lipinski definition) is 3. The number of carbonyl (C=O) groups excluding carboxylic acids is 1. The number of anilines is 1. The van der Waals surface area contributed by atoms with Crippen molar-refractivity contribution in [3.05, 3.63) is 29.3 Å². The Morgan fingerprint density at radius 3 is 2.71 bits per heavy atom. The predicted octanol–water partition coefficient (Wildman–Crippen LogP) is 5.67. The topological polar surface area (TPSA) is 41.6 Å². The molecule has 2 saturated heterocycles. The molecule has 1 aromatic rings. The molecular weight excluding hydrogens is 348 g/mol. The van der Waals surface area contributed by atoms with Gasteiger partial charge < -0.3 is 4.74 Å². The molecule has 0 aromatic heterocycles. The maximum atomic E-state index is 12.6. The van der Waals surface area contributed by atoms with Gasteiger partial charge in [-0.3, -0.25) is 10.2 Å². The van der Waals surface area contributed by atoms with Gasteiger partial charge in [0.25, 0.3) is 0 Å². The molecule has 1 aromatic carbocycles. The summed E-state index contributed by atoms with van der Waals surface area (Å²) in [5.74, 6) is 1.22. The van der Waals surface area contributed by atoms with Crippen molar-refractivity contribution in [2.24, 2.45) is 11.8 Å². The number of fused-ring (bicyclic) bond motifs is 4. The number of rotatable bonds is 5. The molecule has 0 spiro atoms. The third kappa shape index (κ3) is 4.07. The first-order chi connectivity index (χ1) is 13.5. The Bertz CT molecular complexity index is 684. The van der Waals surface area contributed by atoms with E-state index >= 15 is 0 Å². The van der Waals surface area contributed by atoms with E-state index in [1.54, 1.807) is 0 Å². The van der Waals surface area contributed by atoms with Crippen molar-refractivity contribution >= 4 is 11.8 Å². The lowest BCUT2D eigenvalue weighted by Gasteiger charge is -2.49. The first-order valence-electron chi connectivity index (χ1n) is 11.4. The maximum absolute atomic E-state index is 12.6. The Labute approximate surface area is 170 Å². The zero-order valence-electron chi connectivity index (χ0n) is 17.7.